The standard InChI is InChI=1S/C13H21NO/c15-6-5-13-10-3-4-12(14-13)11(8-10)7-9-1-2-9/h6,9-14H,1-5,7-8H2/t10-,11+,12?,13?/m1/s1. The lowest BCUT2D eigenvalue weighted by Gasteiger charge is -2.48. The van der Waals surface area contributed by atoms with E-state index in [1.54, 1.807) is 0 Å². The molecule has 2 saturated heterocycles. The van der Waals surface area contributed by atoms with Crippen molar-refractivity contribution in [3.63, 3.8) is 0 Å². The molecule has 2 unspecified atom stereocenters. The van der Waals surface area contributed by atoms with Gasteiger partial charge in [0.15, 0.2) is 0 Å². The van der Waals surface area contributed by atoms with Crippen LogP contribution in [0.3, 0.4) is 0 Å². The van der Waals surface area contributed by atoms with Crippen molar-refractivity contribution < 1.29 is 4.79 Å². The molecule has 0 aromatic carbocycles. The highest BCUT2D eigenvalue weighted by molar-refractivity contribution is 5.50. The second-order valence-electron chi connectivity index (χ2n) is 5.79. The minimum absolute atomic E-state index is 0.511. The van der Waals surface area contributed by atoms with Crippen LogP contribution in [0, 0.1) is 17.8 Å². The topological polar surface area (TPSA) is 29.1 Å². The molecule has 4 rings (SSSR count). The zero-order valence-electron chi connectivity index (χ0n) is 9.32. The molecule has 0 radical (unpaired) electrons. The highest BCUT2D eigenvalue weighted by Crippen LogP contribution is 2.45. The molecular formula is C13H21NO. The average Bonchev–Trinajstić information content (AvgIpc) is 3.04. The molecule has 0 aromatic rings. The summed E-state index contributed by atoms with van der Waals surface area (Å²) in [7, 11) is 0. The number of rotatable bonds is 4. The highest BCUT2D eigenvalue weighted by atomic mass is 16.1. The predicted molar refractivity (Wildman–Crippen MR) is 59.6 cm³/mol. The van der Waals surface area contributed by atoms with Crippen LogP contribution in [0.2, 0.25) is 0 Å². The van der Waals surface area contributed by atoms with E-state index in [0.717, 1.165) is 36.5 Å². The van der Waals surface area contributed by atoms with Crippen LogP contribution in [0.1, 0.15) is 44.9 Å². The molecule has 2 aliphatic carbocycles. The molecule has 4 atom stereocenters. The third-order valence-electron chi connectivity index (χ3n) is 4.70. The van der Waals surface area contributed by atoms with Crippen LogP contribution in [0.4, 0.5) is 0 Å². The summed E-state index contributed by atoms with van der Waals surface area (Å²) < 4.78 is 0. The van der Waals surface area contributed by atoms with Crippen LogP contribution in [0.15, 0.2) is 0 Å². The third kappa shape index (κ3) is 1.96. The van der Waals surface area contributed by atoms with Gasteiger partial charge in [-0.25, -0.2) is 0 Å². The molecule has 2 saturated carbocycles. The Balaban J connectivity index is 1.60. The fraction of sp³-hybridized carbons (Fsp3) is 0.923. The fourth-order valence-electron chi connectivity index (χ4n) is 3.70. The summed E-state index contributed by atoms with van der Waals surface area (Å²) in [4.78, 5) is 10.6. The van der Waals surface area contributed by atoms with E-state index < -0.39 is 0 Å². The molecule has 0 spiro atoms. The van der Waals surface area contributed by atoms with Crippen LogP contribution in [0.25, 0.3) is 0 Å². The first-order valence-corrected chi connectivity index (χ1v) is 6.56. The Kier molecular flexibility index (Phi) is 2.55. The summed E-state index contributed by atoms with van der Waals surface area (Å²) in [5.74, 6) is 2.78. The molecule has 0 aromatic heterocycles. The number of carbonyl (C=O) groups excluding carboxylic acids is 1. The monoisotopic (exact) mass is 207 g/mol. The molecule has 2 nitrogen and oxygen atoms in total. The van der Waals surface area contributed by atoms with E-state index in [1.165, 1.54) is 38.5 Å². The van der Waals surface area contributed by atoms with E-state index in [0.29, 0.717) is 6.04 Å². The number of nitrogens with one attached hydrogen (secondary N) is 1. The molecule has 2 heterocycles. The number of carbonyl (C=O) groups is 1. The van der Waals surface area contributed by atoms with E-state index in [2.05, 4.69) is 5.32 Å². The van der Waals surface area contributed by atoms with Crippen molar-refractivity contribution in [2.24, 2.45) is 17.8 Å². The van der Waals surface area contributed by atoms with Crippen LogP contribution in [0.5, 0.6) is 0 Å². The summed E-state index contributed by atoms with van der Waals surface area (Å²) in [6, 6.07) is 1.25. The van der Waals surface area contributed by atoms with Crippen LogP contribution < -0.4 is 5.32 Å². The maximum absolute atomic E-state index is 10.6. The van der Waals surface area contributed by atoms with E-state index >= 15 is 0 Å². The maximum atomic E-state index is 10.6. The molecule has 0 amide bonds. The van der Waals surface area contributed by atoms with E-state index in [-0.39, 0.29) is 0 Å². The van der Waals surface area contributed by atoms with Gasteiger partial charge in [-0.2, -0.15) is 0 Å². The molecule has 15 heavy (non-hydrogen) atoms. The lowest BCUT2D eigenvalue weighted by Crippen LogP contribution is -2.56. The normalized spacial score (nSPS) is 44.3. The van der Waals surface area contributed by atoms with E-state index in [9.17, 15) is 4.79 Å². The van der Waals surface area contributed by atoms with Crippen molar-refractivity contribution in [2.45, 2.75) is 57.0 Å². The smallest absolute Gasteiger partial charge is 0.121 e. The number of piperidine rings is 2. The average molecular weight is 207 g/mol. The molecule has 2 aliphatic heterocycles. The van der Waals surface area contributed by atoms with Crippen molar-refractivity contribution in [3.8, 4) is 0 Å². The van der Waals surface area contributed by atoms with Gasteiger partial charge in [-0.1, -0.05) is 12.8 Å². The van der Waals surface area contributed by atoms with Gasteiger partial charge in [-0.3, -0.25) is 0 Å². The Morgan fingerprint density at radius 2 is 2.07 bits per heavy atom. The Morgan fingerprint density at radius 3 is 2.67 bits per heavy atom. The summed E-state index contributed by atoms with van der Waals surface area (Å²) >= 11 is 0. The van der Waals surface area contributed by atoms with Crippen molar-refractivity contribution in [1.82, 2.24) is 5.32 Å². The number of fused-ring (bicyclic) bond motifs is 3. The van der Waals surface area contributed by atoms with Gasteiger partial charge < -0.3 is 10.1 Å². The van der Waals surface area contributed by atoms with Gasteiger partial charge in [0.25, 0.3) is 0 Å². The van der Waals surface area contributed by atoms with Crippen molar-refractivity contribution in [3.05, 3.63) is 0 Å². The summed E-state index contributed by atoms with van der Waals surface area (Å²) in [5.41, 5.74) is 0. The largest absolute Gasteiger partial charge is 0.310 e. The zero-order chi connectivity index (χ0) is 10.3. The minimum atomic E-state index is 0.511. The van der Waals surface area contributed by atoms with Gasteiger partial charge >= 0.3 is 0 Å². The molecule has 2 bridgehead atoms. The second kappa shape index (κ2) is 3.89. The minimum Gasteiger partial charge on any atom is -0.310 e. The van der Waals surface area contributed by atoms with Crippen molar-refractivity contribution in [1.29, 1.82) is 0 Å². The first-order chi connectivity index (χ1) is 7.36. The number of aldehydes is 1. The Labute approximate surface area is 91.8 Å². The van der Waals surface area contributed by atoms with Gasteiger partial charge in [-0.15, -0.1) is 0 Å². The Hall–Kier alpha value is -0.370. The van der Waals surface area contributed by atoms with Gasteiger partial charge in [0, 0.05) is 18.5 Å². The zero-order valence-corrected chi connectivity index (χ0v) is 9.32. The lowest BCUT2D eigenvalue weighted by atomic mass is 9.68. The maximum Gasteiger partial charge on any atom is 0.121 e. The first kappa shape index (κ1) is 9.83. The molecule has 84 valence electrons. The molecule has 4 fully saturated rings. The van der Waals surface area contributed by atoms with Gasteiger partial charge in [0.2, 0.25) is 0 Å². The van der Waals surface area contributed by atoms with Gasteiger partial charge in [0.1, 0.15) is 6.29 Å². The SMILES string of the molecule is O=CCC1NC2CC[C@@H]1C[C@@H]2CC1CC1. The number of hydrogen-bond donors (Lipinski definition) is 1. The highest BCUT2D eigenvalue weighted by Gasteiger charge is 2.42. The van der Waals surface area contributed by atoms with E-state index in [1.807, 2.05) is 0 Å². The van der Waals surface area contributed by atoms with Crippen LogP contribution >= 0.6 is 0 Å². The molecular weight excluding hydrogens is 186 g/mol. The third-order valence-corrected chi connectivity index (χ3v) is 4.70. The summed E-state index contributed by atoms with van der Waals surface area (Å²) in [5, 5.41) is 3.71. The van der Waals surface area contributed by atoms with Crippen molar-refractivity contribution in [2.75, 3.05) is 0 Å². The lowest BCUT2D eigenvalue weighted by molar-refractivity contribution is -0.109. The molecule has 2 heteroatoms. The Morgan fingerprint density at radius 1 is 1.20 bits per heavy atom. The van der Waals surface area contributed by atoms with E-state index in [4.69, 9.17) is 0 Å². The number of hydrogen-bond acceptors (Lipinski definition) is 2. The van der Waals surface area contributed by atoms with Crippen LogP contribution in [-0.2, 0) is 4.79 Å². The second-order valence-corrected chi connectivity index (χ2v) is 5.79. The van der Waals surface area contributed by atoms with Crippen molar-refractivity contribution >= 4 is 6.29 Å². The fourth-order valence-corrected chi connectivity index (χ4v) is 3.70. The quantitative estimate of drug-likeness (QED) is 0.716. The van der Waals surface area contributed by atoms with Gasteiger partial charge in [0.05, 0.1) is 0 Å². The van der Waals surface area contributed by atoms with Gasteiger partial charge in [-0.05, 0) is 43.4 Å². The van der Waals surface area contributed by atoms with Crippen LogP contribution in [-0.4, -0.2) is 18.4 Å². The first-order valence-electron chi connectivity index (χ1n) is 6.56. The molecule has 1 N–H and O–H groups in total. The Bertz CT molecular complexity index is 249. The molecule has 4 aliphatic rings. The predicted octanol–water partition coefficient (Wildman–Crippen LogP) is 2.13. The summed E-state index contributed by atoms with van der Waals surface area (Å²) in [6.07, 6.45) is 10.4. The summed E-state index contributed by atoms with van der Waals surface area (Å²) in [6.45, 7) is 0.